The number of carbonyl (C=O) groups is 1. The SMILES string of the molecule is C=CCNS(=O)(=O)c1cccc(C(=O)Nc2c(Cl)cccc2Cl)c1. The van der Waals surface area contributed by atoms with Crippen LogP contribution in [0.5, 0.6) is 0 Å². The van der Waals surface area contributed by atoms with Gasteiger partial charge in [-0.25, -0.2) is 13.1 Å². The smallest absolute Gasteiger partial charge is 0.255 e. The van der Waals surface area contributed by atoms with E-state index < -0.39 is 15.9 Å². The van der Waals surface area contributed by atoms with Crippen LogP contribution in [0.3, 0.4) is 0 Å². The molecule has 0 aliphatic rings. The van der Waals surface area contributed by atoms with E-state index in [0.717, 1.165) is 0 Å². The number of anilines is 1. The maximum atomic E-state index is 12.4. The highest BCUT2D eigenvalue weighted by atomic mass is 35.5. The molecule has 126 valence electrons. The number of rotatable bonds is 6. The van der Waals surface area contributed by atoms with Crippen molar-refractivity contribution < 1.29 is 13.2 Å². The Morgan fingerprint density at radius 2 is 1.75 bits per heavy atom. The number of halogens is 2. The number of sulfonamides is 1. The molecule has 5 nitrogen and oxygen atoms in total. The summed E-state index contributed by atoms with van der Waals surface area (Å²) in [5, 5.41) is 3.15. The molecule has 24 heavy (non-hydrogen) atoms. The van der Waals surface area contributed by atoms with E-state index in [2.05, 4.69) is 16.6 Å². The van der Waals surface area contributed by atoms with E-state index in [-0.39, 0.29) is 32.7 Å². The second kappa shape index (κ2) is 7.81. The number of hydrogen-bond acceptors (Lipinski definition) is 3. The van der Waals surface area contributed by atoms with Crippen molar-refractivity contribution in [2.75, 3.05) is 11.9 Å². The molecule has 0 atom stereocenters. The van der Waals surface area contributed by atoms with E-state index in [1.165, 1.54) is 30.3 Å². The average molecular weight is 385 g/mol. The number of para-hydroxylation sites is 1. The summed E-state index contributed by atoms with van der Waals surface area (Å²) in [7, 11) is -3.72. The maximum absolute atomic E-state index is 12.4. The minimum absolute atomic E-state index is 0.0257. The van der Waals surface area contributed by atoms with Crippen molar-refractivity contribution in [1.29, 1.82) is 0 Å². The molecule has 0 saturated heterocycles. The van der Waals surface area contributed by atoms with Crippen LogP contribution in [-0.4, -0.2) is 20.9 Å². The first-order chi connectivity index (χ1) is 11.3. The van der Waals surface area contributed by atoms with E-state index in [9.17, 15) is 13.2 Å². The van der Waals surface area contributed by atoms with E-state index in [0.29, 0.717) is 0 Å². The van der Waals surface area contributed by atoms with Crippen LogP contribution in [0.4, 0.5) is 5.69 Å². The summed E-state index contributed by atoms with van der Waals surface area (Å²) in [5.74, 6) is -0.522. The Hall–Kier alpha value is -1.86. The standard InChI is InChI=1S/C16H14Cl2N2O3S/c1-2-9-19-24(22,23)12-6-3-5-11(10-12)16(21)20-15-13(17)7-4-8-14(15)18/h2-8,10,19H,1,9H2,(H,20,21). The van der Waals surface area contributed by atoms with E-state index >= 15 is 0 Å². The molecule has 0 fully saturated rings. The molecule has 0 aromatic heterocycles. The Labute approximate surface area is 150 Å². The maximum Gasteiger partial charge on any atom is 0.255 e. The van der Waals surface area contributed by atoms with Crippen LogP contribution in [0, 0.1) is 0 Å². The van der Waals surface area contributed by atoms with Crippen molar-refractivity contribution in [3.05, 3.63) is 70.7 Å². The highest BCUT2D eigenvalue weighted by Crippen LogP contribution is 2.30. The van der Waals surface area contributed by atoms with Crippen LogP contribution < -0.4 is 10.0 Å². The lowest BCUT2D eigenvalue weighted by Gasteiger charge is -2.10. The summed E-state index contributed by atoms with van der Waals surface area (Å²) in [5.41, 5.74) is 0.427. The molecule has 0 saturated carbocycles. The predicted octanol–water partition coefficient (Wildman–Crippen LogP) is 3.71. The van der Waals surface area contributed by atoms with Crippen molar-refractivity contribution in [2.45, 2.75) is 4.90 Å². The lowest BCUT2D eigenvalue weighted by molar-refractivity contribution is 0.102. The van der Waals surface area contributed by atoms with Gasteiger partial charge in [-0.1, -0.05) is 41.4 Å². The third-order valence-electron chi connectivity index (χ3n) is 3.03. The molecule has 0 heterocycles. The molecular weight excluding hydrogens is 371 g/mol. The van der Waals surface area contributed by atoms with Crippen LogP contribution in [0.25, 0.3) is 0 Å². The van der Waals surface area contributed by atoms with Crippen LogP contribution in [0.2, 0.25) is 10.0 Å². The van der Waals surface area contributed by atoms with Gasteiger partial charge in [0.15, 0.2) is 0 Å². The van der Waals surface area contributed by atoms with Crippen LogP contribution >= 0.6 is 23.2 Å². The number of nitrogens with one attached hydrogen (secondary N) is 2. The van der Waals surface area contributed by atoms with Gasteiger partial charge in [0.25, 0.3) is 5.91 Å². The van der Waals surface area contributed by atoms with Crippen molar-refractivity contribution in [3.63, 3.8) is 0 Å². The lowest BCUT2D eigenvalue weighted by Crippen LogP contribution is -2.24. The van der Waals surface area contributed by atoms with Gasteiger partial charge in [0.05, 0.1) is 20.6 Å². The van der Waals surface area contributed by atoms with Gasteiger partial charge in [0, 0.05) is 12.1 Å². The van der Waals surface area contributed by atoms with E-state index in [1.54, 1.807) is 18.2 Å². The van der Waals surface area contributed by atoms with Crippen LogP contribution in [0.1, 0.15) is 10.4 Å². The largest absolute Gasteiger partial charge is 0.319 e. The van der Waals surface area contributed by atoms with Crippen LogP contribution in [-0.2, 0) is 10.0 Å². The highest BCUT2D eigenvalue weighted by molar-refractivity contribution is 7.89. The number of benzene rings is 2. The molecule has 2 rings (SSSR count). The average Bonchev–Trinajstić information content (AvgIpc) is 2.56. The van der Waals surface area contributed by atoms with E-state index in [1.807, 2.05) is 0 Å². The second-order valence-electron chi connectivity index (χ2n) is 4.72. The predicted molar refractivity (Wildman–Crippen MR) is 96.2 cm³/mol. The minimum Gasteiger partial charge on any atom is -0.319 e. The molecule has 2 aromatic carbocycles. The second-order valence-corrected chi connectivity index (χ2v) is 7.30. The number of amides is 1. The normalized spacial score (nSPS) is 11.1. The Bertz CT molecular complexity index is 862. The monoisotopic (exact) mass is 384 g/mol. The minimum atomic E-state index is -3.72. The summed E-state index contributed by atoms with van der Waals surface area (Å²) < 4.78 is 26.5. The zero-order valence-electron chi connectivity index (χ0n) is 12.4. The van der Waals surface area contributed by atoms with Gasteiger partial charge < -0.3 is 5.32 Å². The quantitative estimate of drug-likeness (QED) is 0.745. The molecule has 0 bridgehead atoms. The van der Waals surface area contributed by atoms with Gasteiger partial charge in [-0.2, -0.15) is 0 Å². The topological polar surface area (TPSA) is 75.3 Å². The van der Waals surface area contributed by atoms with Crippen molar-refractivity contribution >= 4 is 44.8 Å². The molecule has 0 radical (unpaired) electrons. The van der Waals surface area contributed by atoms with Gasteiger partial charge in [0.2, 0.25) is 10.0 Å². The van der Waals surface area contributed by atoms with Gasteiger partial charge in [-0.3, -0.25) is 4.79 Å². The van der Waals surface area contributed by atoms with Gasteiger partial charge >= 0.3 is 0 Å². The summed E-state index contributed by atoms with van der Waals surface area (Å²) in [6, 6.07) is 10.5. The Balaban J connectivity index is 2.28. The Kier molecular flexibility index (Phi) is 6.01. The Morgan fingerprint density at radius 1 is 1.12 bits per heavy atom. The van der Waals surface area contributed by atoms with E-state index in [4.69, 9.17) is 23.2 Å². The van der Waals surface area contributed by atoms with Crippen molar-refractivity contribution in [3.8, 4) is 0 Å². The Morgan fingerprint density at radius 3 is 2.38 bits per heavy atom. The van der Waals surface area contributed by atoms with Gasteiger partial charge in [-0.05, 0) is 30.3 Å². The van der Waals surface area contributed by atoms with Gasteiger partial charge in [0.1, 0.15) is 0 Å². The molecule has 0 aliphatic carbocycles. The third kappa shape index (κ3) is 4.36. The molecule has 0 aliphatic heterocycles. The first-order valence-corrected chi connectivity index (χ1v) is 9.05. The van der Waals surface area contributed by atoms with Crippen molar-refractivity contribution in [1.82, 2.24) is 4.72 Å². The summed E-state index contributed by atoms with van der Waals surface area (Å²) in [6.45, 7) is 3.54. The summed E-state index contributed by atoms with van der Waals surface area (Å²) in [4.78, 5) is 12.3. The zero-order valence-corrected chi connectivity index (χ0v) is 14.8. The fraction of sp³-hybridized carbons (Fsp3) is 0.0625. The summed E-state index contributed by atoms with van der Waals surface area (Å²) >= 11 is 12.0. The lowest BCUT2D eigenvalue weighted by atomic mass is 10.2. The number of hydrogen-bond donors (Lipinski definition) is 2. The third-order valence-corrected chi connectivity index (χ3v) is 5.08. The first-order valence-electron chi connectivity index (χ1n) is 6.81. The fourth-order valence-electron chi connectivity index (χ4n) is 1.86. The molecular formula is C16H14Cl2N2O3S. The highest BCUT2D eigenvalue weighted by Gasteiger charge is 2.16. The molecule has 2 N–H and O–H groups in total. The fourth-order valence-corrected chi connectivity index (χ4v) is 3.40. The first kappa shape index (κ1) is 18.5. The molecule has 2 aromatic rings. The van der Waals surface area contributed by atoms with Crippen LogP contribution in [0.15, 0.2) is 60.0 Å². The molecule has 8 heteroatoms. The molecule has 0 unspecified atom stereocenters. The molecule has 1 amide bonds. The summed E-state index contributed by atoms with van der Waals surface area (Å²) in [6.07, 6.45) is 1.42. The van der Waals surface area contributed by atoms with Crippen molar-refractivity contribution in [2.24, 2.45) is 0 Å². The molecule has 0 spiro atoms. The van der Waals surface area contributed by atoms with Gasteiger partial charge in [-0.15, -0.1) is 6.58 Å². The zero-order chi connectivity index (χ0) is 17.7. The number of carbonyl (C=O) groups excluding carboxylic acids is 1.